The molecule has 0 spiro atoms. The molecule has 10 heavy (non-hydrogen) atoms. The molecule has 3 heteroatoms. The molecule has 0 fully saturated rings. The summed E-state index contributed by atoms with van der Waals surface area (Å²) >= 11 is 0. The maximum absolute atomic E-state index is 5.57. The molecule has 0 aliphatic rings. The maximum atomic E-state index is 5.57. The Morgan fingerprint density at radius 2 is 2.30 bits per heavy atom. The molecule has 0 bridgehead atoms. The Balaban J connectivity index is 3.07. The van der Waals surface area contributed by atoms with Crippen LogP contribution in [0.5, 0.6) is 5.75 Å². The van der Waals surface area contributed by atoms with Gasteiger partial charge in [-0.15, -0.1) is 0 Å². The summed E-state index contributed by atoms with van der Waals surface area (Å²) in [5, 5.41) is 0. The Morgan fingerprint density at radius 1 is 1.60 bits per heavy atom. The number of aromatic nitrogens is 1. The molecule has 50 valence electrons. The van der Waals surface area contributed by atoms with Crippen LogP contribution in [0.15, 0.2) is 12.3 Å². The third kappa shape index (κ3) is 1.29. The maximum Gasteiger partial charge on any atom is 0.130 e. The van der Waals surface area contributed by atoms with Crippen LogP contribution in [-0.4, -0.2) is 19.9 Å². The first-order valence-electron chi connectivity index (χ1n) is 3.00. The third-order valence-electron chi connectivity index (χ3n) is 1.25. The van der Waals surface area contributed by atoms with Crippen molar-refractivity contribution in [2.75, 3.05) is 7.11 Å². The van der Waals surface area contributed by atoms with Gasteiger partial charge in [0.05, 0.1) is 13.3 Å². The number of ether oxygens (including phenoxy) is 1. The first kappa shape index (κ1) is 7.13. The van der Waals surface area contributed by atoms with E-state index in [1.807, 2.05) is 6.92 Å². The molecule has 1 aromatic heterocycles. The standard InChI is InChI=1S/C7H8BNO/c1-5-3-6(8)7(10-2)4-9-5/h3-4H,1-2H3. The third-order valence-corrected chi connectivity index (χ3v) is 1.25. The van der Waals surface area contributed by atoms with E-state index in [0.717, 1.165) is 5.69 Å². The first-order valence-corrected chi connectivity index (χ1v) is 3.00. The zero-order valence-corrected chi connectivity index (χ0v) is 6.09. The van der Waals surface area contributed by atoms with Crippen LogP contribution in [-0.2, 0) is 0 Å². The molecule has 1 rings (SSSR count). The van der Waals surface area contributed by atoms with Gasteiger partial charge in [0.15, 0.2) is 0 Å². The first-order chi connectivity index (χ1) is 4.74. The number of methoxy groups -OCH3 is 1. The van der Waals surface area contributed by atoms with Crippen LogP contribution in [0.4, 0.5) is 0 Å². The minimum absolute atomic E-state index is 0.630. The lowest BCUT2D eigenvalue weighted by Gasteiger charge is -2.03. The number of hydrogen-bond donors (Lipinski definition) is 0. The lowest BCUT2D eigenvalue weighted by Crippen LogP contribution is -2.08. The van der Waals surface area contributed by atoms with E-state index >= 15 is 0 Å². The lowest BCUT2D eigenvalue weighted by molar-refractivity contribution is 0.416. The van der Waals surface area contributed by atoms with Crippen molar-refractivity contribution in [3.63, 3.8) is 0 Å². The number of pyridine rings is 1. The van der Waals surface area contributed by atoms with Gasteiger partial charge in [0, 0.05) is 5.69 Å². The Hall–Kier alpha value is -0.985. The predicted molar refractivity (Wildman–Crippen MR) is 40.9 cm³/mol. The molecule has 0 saturated carbocycles. The highest BCUT2D eigenvalue weighted by Gasteiger charge is 1.95. The van der Waals surface area contributed by atoms with E-state index in [9.17, 15) is 0 Å². The molecule has 0 aliphatic carbocycles. The summed E-state index contributed by atoms with van der Waals surface area (Å²) in [6.07, 6.45) is 1.62. The Labute approximate surface area is 61.6 Å². The highest BCUT2D eigenvalue weighted by atomic mass is 16.5. The summed E-state index contributed by atoms with van der Waals surface area (Å²) in [6, 6.07) is 1.78. The van der Waals surface area contributed by atoms with Crippen molar-refractivity contribution < 1.29 is 4.74 Å². The van der Waals surface area contributed by atoms with E-state index in [2.05, 4.69) is 4.98 Å². The fourth-order valence-electron chi connectivity index (χ4n) is 0.739. The number of rotatable bonds is 1. The van der Waals surface area contributed by atoms with Crippen LogP contribution >= 0.6 is 0 Å². The second-order valence-corrected chi connectivity index (χ2v) is 2.07. The zero-order valence-electron chi connectivity index (χ0n) is 6.09. The summed E-state index contributed by atoms with van der Waals surface area (Å²) in [7, 11) is 7.14. The van der Waals surface area contributed by atoms with Crippen LogP contribution in [0.2, 0.25) is 0 Å². The molecule has 2 radical (unpaired) electrons. The molecule has 0 amide bonds. The Bertz CT molecular complexity index is 237. The van der Waals surface area contributed by atoms with Gasteiger partial charge in [-0.05, 0) is 13.0 Å². The van der Waals surface area contributed by atoms with Crippen LogP contribution in [0, 0.1) is 6.92 Å². The minimum atomic E-state index is 0.630. The SMILES string of the molecule is [B]c1cc(C)ncc1OC. The molecule has 0 N–H and O–H groups in total. The van der Waals surface area contributed by atoms with Gasteiger partial charge in [0.25, 0.3) is 0 Å². The summed E-state index contributed by atoms with van der Waals surface area (Å²) in [6.45, 7) is 1.88. The molecular formula is C7H8BNO. The minimum Gasteiger partial charge on any atom is -0.496 e. The fraction of sp³-hybridized carbons (Fsp3) is 0.286. The predicted octanol–water partition coefficient (Wildman–Crippen LogP) is 0.192. The topological polar surface area (TPSA) is 22.1 Å². The molecule has 1 heterocycles. The number of nitrogens with zero attached hydrogens (tertiary/aromatic N) is 1. The molecule has 0 aliphatic heterocycles. The van der Waals surface area contributed by atoms with Crippen molar-refractivity contribution in [1.82, 2.24) is 4.98 Å². The molecule has 0 aromatic carbocycles. The van der Waals surface area contributed by atoms with Gasteiger partial charge in [-0.2, -0.15) is 0 Å². The van der Waals surface area contributed by atoms with E-state index in [-0.39, 0.29) is 0 Å². The van der Waals surface area contributed by atoms with Gasteiger partial charge >= 0.3 is 0 Å². The second-order valence-electron chi connectivity index (χ2n) is 2.07. The molecule has 0 atom stereocenters. The van der Waals surface area contributed by atoms with Crippen molar-refractivity contribution in [2.45, 2.75) is 6.92 Å². The van der Waals surface area contributed by atoms with Gasteiger partial charge < -0.3 is 4.74 Å². The Kier molecular flexibility index (Phi) is 1.95. The van der Waals surface area contributed by atoms with Crippen LogP contribution in [0.3, 0.4) is 0 Å². The van der Waals surface area contributed by atoms with Gasteiger partial charge in [0.1, 0.15) is 13.6 Å². The molecular weight excluding hydrogens is 125 g/mol. The molecule has 0 saturated heterocycles. The number of hydrogen-bond acceptors (Lipinski definition) is 2. The molecule has 2 nitrogen and oxygen atoms in total. The van der Waals surface area contributed by atoms with E-state index < -0.39 is 0 Å². The van der Waals surface area contributed by atoms with E-state index in [0.29, 0.717) is 11.2 Å². The Morgan fingerprint density at radius 3 is 2.80 bits per heavy atom. The van der Waals surface area contributed by atoms with Gasteiger partial charge in [0.2, 0.25) is 0 Å². The largest absolute Gasteiger partial charge is 0.496 e. The summed E-state index contributed by atoms with van der Waals surface area (Å²) in [4.78, 5) is 4.01. The second kappa shape index (κ2) is 2.73. The van der Waals surface area contributed by atoms with Crippen molar-refractivity contribution in [1.29, 1.82) is 0 Å². The summed E-state index contributed by atoms with van der Waals surface area (Å²) < 4.78 is 4.91. The highest BCUT2D eigenvalue weighted by Crippen LogP contribution is 2.02. The summed E-state index contributed by atoms with van der Waals surface area (Å²) in [5.41, 5.74) is 1.54. The van der Waals surface area contributed by atoms with Crippen molar-refractivity contribution in [3.05, 3.63) is 18.0 Å². The zero-order chi connectivity index (χ0) is 7.56. The van der Waals surface area contributed by atoms with Gasteiger partial charge in [-0.1, -0.05) is 5.46 Å². The molecule has 1 aromatic rings. The average molecular weight is 133 g/mol. The van der Waals surface area contributed by atoms with Crippen molar-refractivity contribution >= 4 is 13.3 Å². The van der Waals surface area contributed by atoms with Gasteiger partial charge in [-0.25, -0.2) is 0 Å². The monoisotopic (exact) mass is 133 g/mol. The normalized spacial score (nSPS) is 9.40. The molecule has 0 unspecified atom stereocenters. The van der Waals surface area contributed by atoms with E-state index in [1.54, 1.807) is 19.4 Å². The van der Waals surface area contributed by atoms with Crippen LogP contribution < -0.4 is 10.2 Å². The average Bonchev–Trinajstić information content (AvgIpc) is 1.88. The quantitative estimate of drug-likeness (QED) is 0.510. The lowest BCUT2D eigenvalue weighted by atomic mass is 9.96. The van der Waals surface area contributed by atoms with Crippen LogP contribution in [0.25, 0.3) is 0 Å². The van der Waals surface area contributed by atoms with Crippen molar-refractivity contribution in [2.24, 2.45) is 0 Å². The van der Waals surface area contributed by atoms with E-state index in [4.69, 9.17) is 12.6 Å². The number of aryl methyl sites for hydroxylation is 1. The van der Waals surface area contributed by atoms with Gasteiger partial charge in [-0.3, -0.25) is 4.98 Å². The van der Waals surface area contributed by atoms with Crippen molar-refractivity contribution in [3.8, 4) is 5.75 Å². The van der Waals surface area contributed by atoms with E-state index in [1.165, 1.54) is 0 Å². The smallest absolute Gasteiger partial charge is 0.130 e. The summed E-state index contributed by atoms with van der Waals surface area (Å²) in [5.74, 6) is 0.630. The fourth-order valence-corrected chi connectivity index (χ4v) is 0.739. The highest BCUT2D eigenvalue weighted by molar-refractivity contribution is 6.34. The van der Waals surface area contributed by atoms with Crippen LogP contribution in [0.1, 0.15) is 5.69 Å².